The maximum atomic E-state index is 11.3. The summed E-state index contributed by atoms with van der Waals surface area (Å²) in [5.41, 5.74) is -2.06. The lowest BCUT2D eigenvalue weighted by Gasteiger charge is -2.38. The molecule has 0 aromatic heterocycles. The summed E-state index contributed by atoms with van der Waals surface area (Å²) >= 11 is 0. The third kappa shape index (κ3) is 4.16. The van der Waals surface area contributed by atoms with Crippen molar-refractivity contribution in [1.82, 2.24) is 5.32 Å². The second kappa shape index (κ2) is 5.22. The van der Waals surface area contributed by atoms with E-state index < -0.39 is 27.1 Å². The molecule has 0 aromatic carbocycles. The lowest BCUT2D eigenvalue weighted by molar-refractivity contribution is -0.0977. The Bertz CT molecular complexity index is 372. The van der Waals surface area contributed by atoms with Gasteiger partial charge in [0, 0.05) is 6.26 Å². The predicted molar refractivity (Wildman–Crippen MR) is 62.4 cm³/mol. The number of hydrogen-bond donors (Lipinski definition) is 2. The normalized spacial score (nSPS) is 21.8. The molecule has 0 bridgehead atoms. The second-order valence-electron chi connectivity index (χ2n) is 4.50. The average molecular weight is 265 g/mol. The van der Waals surface area contributed by atoms with Gasteiger partial charge in [-0.3, -0.25) is 5.32 Å². The van der Waals surface area contributed by atoms with E-state index in [4.69, 9.17) is 9.84 Å². The Morgan fingerprint density at radius 1 is 1.35 bits per heavy atom. The third-order valence-electron chi connectivity index (χ3n) is 2.99. The summed E-state index contributed by atoms with van der Waals surface area (Å²) in [5, 5.41) is 11.1. The van der Waals surface area contributed by atoms with Gasteiger partial charge in [-0.25, -0.2) is 13.2 Å². The molecule has 1 saturated carbocycles. The largest absolute Gasteiger partial charge is 0.465 e. The Morgan fingerprint density at radius 3 is 2.29 bits per heavy atom. The molecule has 0 radical (unpaired) electrons. The summed E-state index contributed by atoms with van der Waals surface area (Å²) in [5.74, 6) is 0. The molecule has 100 valence electrons. The van der Waals surface area contributed by atoms with Gasteiger partial charge < -0.3 is 9.84 Å². The fourth-order valence-electron chi connectivity index (χ4n) is 2.00. The molecule has 0 heterocycles. The van der Waals surface area contributed by atoms with E-state index in [1.165, 1.54) is 6.92 Å². The van der Waals surface area contributed by atoms with E-state index >= 15 is 0 Å². The fourth-order valence-corrected chi connectivity index (χ4v) is 2.35. The highest BCUT2D eigenvalue weighted by molar-refractivity contribution is 7.91. The van der Waals surface area contributed by atoms with Crippen LogP contribution >= 0.6 is 0 Å². The summed E-state index contributed by atoms with van der Waals surface area (Å²) in [4.78, 5) is 10.8. The van der Waals surface area contributed by atoms with Crippen molar-refractivity contribution in [3.05, 3.63) is 0 Å². The van der Waals surface area contributed by atoms with Gasteiger partial charge in [0.25, 0.3) is 0 Å². The first-order valence-corrected chi connectivity index (χ1v) is 7.58. The van der Waals surface area contributed by atoms with Crippen molar-refractivity contribution in [3.8, 4) is 0 Å². The molecule has 1 unspecified atom stereocenters. The average Bonchev–Trinajstić information content (AvgIpc) is 2.15. The number of amides is 1. The molecule has 1 amide bonds. The molecule has 1 rings (SSSR count). The molecule has 17 heavy (non-hydrogen) atoms. The second-order valence-corrected chi connectivity index (χ2v) is 6.82. The van der Waals surface area contributed by atoms with E-state index in [0.29, 0.717) is 12.8 Å². The number of rotatable bonds is 4. The Hall–Kier alpha value is -0.820. The fraction of sp³-hybridized carbons (Fsp3) is 0.900. The maximum Gasteiger partial charge on any atom is 0.406 e. The van der Waals surface area contributed by atoms with Gasteiger partial charge in [-0.1, -0.05) is 6.42 Å². The first-order chi connectivity index (χ1) is 7.75. The van der Waals surface area contributed by atoms with Crippen LogP contribution in [0.5, 0.6) is 0 Å². The van der Waals surface area contributed by atoms with Gasteiger partial charge in [-0.15, -0.1) is 0 Å². The zero-order chi connectivity index (χ0) is 13.1. The van der Waals surface area contributed by atoms with Gasteiger partial charge in [0.1, 0.15) is 5.72 Å². The lowest BCUT2D eigenvalue weighted by atomic mass is 9.91. The minimum atomic E-state index is -3.33. The summed E-state index contributed by atoms with van der Waals surface area (Å²) in [7, 11) is -3.33. The SMILES string of the molecule is CC(OC1(NC(=O)O)CCCCC1)S(C)(=O)=O. The van der Waals surface area contributed by atoms with Crippen LogP contribution in [0, 0.1) is 0 Å². The van der Waals surface area contributed by atoms with Crippen LogP contribution in [0.2, 0.25) is 0 Å². The molecule has 1 atom stereocenters. The minimum absolute atomic E-state index is 0.513. The van der Waals surface area contributed by atoms with E-state index in [9.17, 15) is 13.2 Å². The van der Waals surface area contributed by atoms with E-state index in [1.54, 1.807) is 0 Å². The molecule has 1 aliphatic rings. The third-order valence-corrected chi connectivity index (χ3v) is 4.29. The highest BCUT2D eigenvalue weighted by Gasteiger charge is 2.38. The Morgan fingerprint density at radius 2 is 1.88 bits per heavy atom. The Balaban J connectivity index is 2.80. The van der Waals surface area contributed by atoms with Gasteiger partial charge in [-0.2, -0.15) is 0 Å². The van der Waals surface area contributed by atoms with Crippen LogP contribution in [-0.4, -0.2) is 37.0 Å². The van der Waals surface area contributed by atoms with Gasteiger partial charge >= 0.3 is 6.09 Å². The van der Waals surface area contributed by atoms with Crippen molar-refractivity contribution in [2.75, 3.05) is 6.26 Å². The molecule has 1 fully saturated rings. The van der Waals surface area contributed by atoms with E-state index in [0.717, 1.165) is 25.5 Å². The van der Waals surface area contributed by atoms with Crippen LogP contribution in [0.15, 0.2) is 0 Å². The van der Waals surface area contributed by atoms with Crippen molar-refractivity contribution in [3.63, 3.8) is 0 Å². The smallest absolute Gasteiger partial charge is 0.406 e. The van der Waals surface area contributed by atoms with Crippen LogP contribution in [0.25, 0.3) is 0 Å². The number of carboxylic acid groups (broad SMARTS) is 1. The topological polar surface area (TPSA) is 92.7 Å². The zero-order valence-electron chi connectivity index (χ0n) is 10.1. The summed E-state index contributed by atoms with van der Waals surface area (Å²) in [6.45, 7) is 1.43. The Labute approximate surface area is 101 Å². The summed E-state index contributed by atoms with van der Waals surface area (Å²) in [6.07, 6.45) is 3.59. The molecule has 2 N–H and O–H groups in total. The number of sulfone groups is 1. The van der Waals surface area contributed by atoms with Crippen molar-refractivity contribution in [2.24, 2.45) is 0 Å². The molecule has 7 heteroatoms. The molecule has 1 aliphatic carbocycles. The van der Waals surface area contributed by atoms with Gasteiger partial charge in [0.05, 0.1) is 0 Å². The molecule has 0 spiro atoms. The zero-order valence-corrected chi connectivity index (χ0v) is 10.9. The predicted octanol–water partition coefficient (Wildman–Crippen LogP) is 1.32. The minimum Gasteiger partial charge on any atom is -0.465 e. The lowest BCUT2D eigenvalue weighted by Crippen LogP contribution is -2.53. The van der Waals surface area contributed by atoms with E-state index in [1.807, 2.05) is 0 Å². The maximum absolute atomic E-state index is 11.3. The number of carbonyl (C=O) groups is 1. The molecular formula is C10H19NO5S. The number of nitrogens with one attached hydrogen (secondary N) is 1. The highest BCUT2D eigenvalue weighted by Crippen LogP contribution is 2.31. The van der Waals surface area contributed by atoms with Crippen LogP contribution < -0.4 is 5.32 Å². The monoisotopic (exact) mass is 265 g/mol. The number of hydrogen-bond acceptors (Lipinski definition) is 4. The summed E-state index contributed by atoms with van der Waals surface area (Å²) in [6, 6.07) is 0. The highest BCUT2D eigenvalue weighted by atomic mass is 32.2. The first kappa shape index (κ1) is 14.2. The Kier molecular flexibility index (Phi) is 4.37. The van der Waals surface area contributed by atoms with E-state index in [-0.39, 0.29) is 0 Å². The van der Waals surface area contributed by atoms with Gasteiger partial charge in [-0.05, 0) is 32.6 Å². The molecule has 6 nitrogen and oxygen atoms in total. The van der Waals surface area contributed by atoms with Crippen LogP contribution in [-0.2, 0) is 14.6 Å². The van der Waals surface area contributed by atoms with Crippen molar-refractivity contribution in [1.29, 1.82) is 0 Å². The first-order valence-electron chi connectivity index (χ1n) is 5.63. The molecule has 0 saturated heterocycles. The standard InChI is InChI=1S/C10H19NO5S/c1-8(17(2,14)15)16-10(11-9(12)13)6-4-3-5-7-10/h8,11H,3-7H2,1-2H3,(H,12,13). The van der Waals surface area contributed by atoms with Crippen LogP contribution in [0.3, 0.4) is 0 Å². The molecule has 0 aromatic rings. The summed E-state index contributed by atoms with van der Waals surface area (Å²) < 4.78 is 28.1. The van der Waals surface area contributed by atoms with Crippen molar-refractivity contribution >= 4 is 15.9 Å². The molecule has 0 aliphatic heterocycles. The van der Waals surface area contributed by atoms with E-state index in [2.05, 4.69) is 5.32 Å². The van der Waals surface area contributed by atoms with Crippen LogP contribution in [0.4, 0.5) is 4.79 Å². The van der Waals surface area contributed by atoms with Gasteiger partial charge in [0.2, 0.25) is 0 Å². The van der Waals surface area contributed by atoms with Gasteiger partial charge in [0.15, 0.2) is 15.3 Å². The van der Waals surface area contributed by atoms with Crippen LogP contribution in [0.1, 0.15) is 39.0 Å². The quantitative estimate of drug-likeness (QED) is 0.748. The van der Waals surface area contributed by atoms with Crippen molar-refractivity contribution in [2.45, 2.75) is 50.2 Å². The molecular weight excluding hydrogens is 246 g/mol. The number of ether oxygens (including phenoxy) is 1. The van der Waals surface area contributed by atoms with Crippen molar-refractivity contribution < 1.29 is 23.1 Å².